The van der Waals surface area contributed by atoms with E-state index >= 15 is 0 Å². The van der Waals surface area contributed by atoms with Crippen molar-refractivity contribution in [2.24, 2.45) is 9.98 Å². The highest BCUT2D eigenvalue weighted by molar-refractivity contribution is 6.30. The van der Waals surface area contributed by atoms with Gasteiger partial charge in [-0.1, -0.05) is 24.3 Å². The number of nitrogens with one attached hydrogen (secondary N) is 1. The van der Waals surface area contributed by atoms with Gasteiger partial charge in [-0.25, -0.2) is 4.98 Å². The van der Waals surface area contributed by atoms with Crippen LogP contribution >= 0.6 is 0 Å². The summed E-state index contributed by atoms with van der Waals surface area (Å²) in [5, 5.41) is 0. The van der Waals surface area contributed by atoms with Crippen LogP contribution in [-0.2, 0) is 12.1 Å². The van der Waals surface area contributed by atoms with Gasteiger partial charge in [0.25, 0.3) is 0 Å². The molecule has 1 aromatic carbocycles. The quantitative estimate of drug-likeness (QED) is 0.912. The minimum Gasteiger partial charge on any atom is -0.346 e. The molecule has 20 heavy (non-hydrogen) atoms. The van der Waals surface area contributed by atoms with Crippen molar-refractivity contribution in [3.8, 4) is 0 Å². The van der Waals surface area contributed by atoms with Gasteiger partial charge < -0.3 is 4.98 Å². The number of aliphatic imine (C=N–C) groups is 2. The third kappa shape index (κ3) is 2.29. The second-order valence-electron chi connectivity index (χ2n) is 5.38. The van der Waals surface area contributed by atoms with Crippen LogP contribution in [0.25, 0.3) is 0 Å². The molecule has 2 heterocycles. The lowest BCUT2D eigenvalue weighted by Gasteiger charge is -2.21. The molecule has 0 spiro atoms. The fraction of sp³-hybridized carbons (Fsp3) is 0.312. The second kappa shape index (κ2) is 4.71. The third-order valence-corrected chi connectivity index (χ3v) is 3.54. The minimum absolute atomic E-state index is 0.498. The van der Waals surface area contributed by atoms with Gasteiger partial charge in [-0.05, 0) is 26.3 Å². The molecule has 2 aromatic rings. The highest BCUT2D eigenvalue weighted by atomic mass is 15.1. The zero-order valence-corrected chi connectivity index (χ0v) is 12.0. The molecule has 4 nitrogen and oxygen atoms in total. The topological polar surface area (TPSA) is 53.4 Å². The molecular formula is C16H18N4. The van der Waals surface area contributed by atoms with Crippen LogP contribution in [0.15, 0.2) is 40.4 Å². The van der Waals surface area contributed by atoms with E-state index in [4.69, 9.17) is 0 Å². The van der Waals surface area contributed by atoms with Gasteiger partial charge in [-0.15, -0.1) is 0 Å². The Kier molecular flexibility index (Phi) is 3.01. The number of nitrogens with zero attached hydrogens (tertiary/aromatic N) is 3. The zero-order valence-electron chi connectivity index (χ0n) is 12.0. The summed E-state index contributed by atoms with van der Waals surface area (Å²) >= 11 is 0. The van der Waals surface area contributed by atoms with Crippen molar-refractivity contribution >= 4 is 11.9 Å². The Morgan fingerprint density at radius 1 is 1.20 bits per heavy atom. The molecule has 0 saturated carbocycles. The predicted molar refractivity (Wildman–Crippen MR) is 81.5 cm³/mol. The Bertz CT molecular complexity index is 696. The molecule has 1 aliphatic rings. The highest BCUT2D eigenvalue weighted by Crippen LogP contribution is 2.33. The van der Waals surface area contributed by atoms with E-state index in [0.29, 0.717) is 0 Å². The maximum atomic E-state index is 4.66. The van der Waals surface area contributed by atoms with Crippen LogP contribution in [0.5, 0.6) is 0 Å². The van der Waals surface area contributed by atoms with Crippen LogP contribution < -0.4 is 0 Å². The van der Waals surface area contributed by atoms with Crippen molar-refractivity contribution in [1.82, 2.24) is 9.97 Å². The van der Waals surface area contributed by atoms with Gasteiger partial charge in [0.05, 0.1) is 5.71 Å². The number of aromatic nitrogens is 2. The van der Waals surface area contributed by atoms with E-state index < -0.39 is 5.66 Å². The van der Waals surface area contributed by atoms with E-state index in [1.807, 2.05) is 45.3 Å². The Hall–Kier alpha value is -2.23. The summed E-state index contributed by atoms with van der Waals surface area (Å²) in [6.45, 7) is 6.04. The Morgan fingerprint density at radius 2 is 2.00 bits per heavy atom. The maximum Gasteiger partial charge on any atom is 0.173 e. The van der Waals surface area contributed by atoms with Crippen LogP contribution in [0.4, 0.5) is 0 Å². The van der Waals surface area contributed by atoms with Crippen LogP contribution in [0, 0.1) is 6.92 Å². The molecule has 0 radical (unpaired) electrons. The van der Waals surface area contributed by atoms with Gasteiger partial charge in [0, 0.05) is 30.1 Å². The van der Waals surface area contributed by atoms with E-state index in [0.717, 1.165) is 29.2 Å². The number of aromatic amines is 1. The number of aryl methyl sites for hydroxylation is 1. The molecule has 0 amide bonds. The smallest absolute Gasteiger partial charge is 0.173 e. The second-order valence-corrected chi connectivity index (χ2v) is 5.38. The first-order valence-electron chi connectivity index (χ1n) is 6.77. The van der Waals surface area contributed by atoms with E-state index in [-0.39, 0.29) is 0 Å². The summed E-state index contributed by atoms with van der Waals surface area (Å²) in [4.78, 5) is 16.9. The van der Waals surface area contributed by atoms with Crippen LogP contribution in [0.3, 0.4) is 0 Å². The first kappa shape index (κ1) is 12.8. The van der Waals surface area contributed by atoms with E-state index in [1.165, 1.54) is 5.56 Å². The number of rotatable bonds is 3. The molecule has 1 aliphatic heterocycles. The Labute approximate surface area is 118 Å². The average molecular weight is 266 g/mol. The molecule has 0 bridgehead atoms. The van der Waals surface area contributed by atoms with Crippen molar-refractivity contribution in [2.45, 2.75) is 32.9 Å². The van der Waals surface area contributed by atoms with Crippen molar-refractivity contribution < 1.29 is 0 Å². The summed E-state index contributed by atoms with van der Waals surface area (Å²) in [6, 6.07) is 8.31. The molecule has 1 N–H and O–H groups in total. The molecule has 4 heteroatoms. The van der Waals surface area contributed by atoms with Crippen LogP contribution in [0.2, 0.25) is 0 Å². The van der Waals surface area contributed by atoms with Crippen molar-refractivity contribution in [1.29, 1.82) is 0 Å². The molecular weight excluding hydrogens is 248 g/mol. The lowest BCUT2D eigenvalue weighted by Crippen LogP contribution is -2.16. The van der Waals surface area contributed by atoms with E-state index in [9.17, 15) is 0 Å². The lowest BCUT2D eigenvalue weighted by molar-refractivity contribution is 0.536. The van der Waals surface area contributed by atoms with Crippen LogP contribution in [0.1, 0.15) is 36.5 Å². The summed E-state index contributed by atoms with van der Waals surface area (Å²) < 4.78 is 0. The summed E-state index contributed by atoms with van der Waals surface area (Å²) in [7, 11) is 0. The number of benzene rings is 1. The average Bonchev–Trinajstić information content (AvgIpc) is 2.97. The molecule has 1 aromatic heterocycles. The lowest BCUT2D eigenvalue weighted by atomic mass is 9.95. The molecule has 0 fully saturated rings. The number of hydrogen-bond donors (Lipinski definition) is 1. The van der Waals surface area contributed by atoms with E-state index in [1.54, 1.807) is 0 Å². The fourth-order valence-electron chi connectivity index (χ4n) is 2.62. The maximum absolute atomic E-state index is 4.66. The summed E-state index contributed by atoms with van der Waals surface area (Å²) in [5.41, 5.74) is 3.90. The number of hydrogen-bond acceptors (Lipinski definition) is 3. The third-order valence-electron chi connectivity index (χ3n) is 3.54. The first-order chi connectivity index (χ1) is 9.57. The summed E-state index contributed by atoms with van der Waals surface area (Å²) in [5.74, 6) is 0.973. The molecule has 0 saturated heterocycles. The van der Waals surface area contributed by atoms with E-state index in [2.05, 4.69) is 32.1 Å². The summed E-state index contributed by atoms with van der Waals surface area (Å²) in [6.07, 6.45) is 4.47. The Morgan fingerprint density at radius 3 is 2.65 bits per heavy atom. The minimum atomic E-state index is -0.498. The van der Waals surface area contributed by atoms with Gasteiger partial charge in [-0.2, -0.15) is 0 Å². The number of H-pyrrole nitrogens is 1. The van der Waals surface area contributed by atoms with Crippen LogP contribution in [-0.4, -0.2) is 21.9 Å². The monoisotopic (exact) mass is 266 g/mol. The van der Waals surface area contributed by atoms with Crippen molar-refractivity contribution in [2.75, 3.05) is 0 Å². The fourth-order valence-corrected chi connectivity index (χ4v) is 2.62. The van der Waals surface area contributed by atoms with Gasteiger partial charge >= 0.3 is 0 Å². The SMILES string of the molecule is CC1=NC(C)(c2ccccc2Cc2ncc(C)[nH]2)N=C1. The Balaban J connectivity index is 1.99. The molecule has 1 atom stereocenters. The predicted octanol–water partition coefficient (Wildman–Crippen LogP) is 3.03. The number of imidazole rings is 1. The normalized spacial score (nSPS) is 21.2. The zero-order chi connectivity index (χ0) is 14.2. The highest BCUT2D eigenvalue weighted by Gasteiger charge is 2.29. The molecule has 0 aliphatic carbocycles. The van der Waals surface area contributed by atoms with Gasteiger partial charge in [0.2, 0.25) is 0 Å². The molecule has 102 valence electrons. The standard InChI is InChI=1S/C16H18N4/c1-11-9-17-15(19-11)8-13-6-4-5-7-14(13)16(3)18-10-12(2)20-16/h4-7,9-10H,8H2,1-3H3,(H,17,19). The first-order valence-corrected chi connectivity index (χ1v) is 6.77. The van der Waals surface area contributed by atoms with Crippen molar-refractivity contribution in [3.05, 3.63) is 53.1 Å². The molecule has 1 unspecified atom stereocenters. The largest absolute Gasteiger partial charge is 0.346 e. The van der Waals surface area contributed by atoms with Gasteiger partial charge in [-0.3, -0.25) is 9.98 Å². The van der Waals surface area contributed by atoms with Crippen molar-refractivity contribution in [3.63, 3.8) is 0 Å². The van der Waals surface area contributed by atoms with Gasteiger partial charge in [0.15, 0.2) is 5.66 Å². The van der Waals surface area contributed by atoms with Gasteiger partial charge in [0.1, 0.15) is 5.82 Å². The molecule has 3 rings (SSSR count).